The number of carbonyl (C=O) groups excluding carboxylic acids is 1. The highest BCUT2D eigenvalue weighted by Crippen LogP contribution is 2.34. The van der Waals surface area contributed by atoms with Gasteiger partial charge in [0.25, 0.3) is 0 Å². The number of nitrogens with zero attached hydrogens (tertiary/aromatic N) is 2. The van der Waals surface area contributed by atoms with Gasteiger partial charge in [-0.2, -0.15) is 5.26 Å². The number of rotatable bonds is 9. The van der Waals surface area contributed by atoms with Gasteiger partial charge in [-0.05, 0) is 44.5 Å². The number of Topliss-reactive ketones (excluding diaryl/α,β-unsaturated/α-hetero) is 1. The van der Waals surface area contributed by atoms with Crippen molar-refractivity contribution in [2.24, 2.45) is 0 Å². The second kappa shape index (κ2) is 9.85. The highest BCUT2D eigenvalue weighted by atomic mass is 32.1. The van der Waals surface area contributed by atoms with Crippen LogP contribution in [-0.2, 0) is 6.42 Å². The molecule has 0 N–H and O–H groups in total. The van der Waals surface area contributed by atoms with Crippen molar-refractivity contribution in [3.63, 3.8) is 0 Å². The molecule has 0 radical (unpaired) electrons. The highest BCUT2D eigenvalue weighted by molar-refractivity contribution is 7.13. The van der Waals surface area contributed by atoms with Crippen molar-refractivity contribution in [1.29, 1.82) is 5.26 Å². The van der Waals surface area contributed by atoms with E-state index >= 15 is 0 Å². The first-order valence-corrected chi connectivity index (χ1v) is 10.4. The number of carbonyl (C=O) groups is 1. The summed E-state index contributed by atoms with van der Waals surface area (Å²) >= 11 is 1.53. The Hall–Kier alpha value is -3.17. The number of aromatic nitrogens is 1. The minimum atomic E-state index is -0.0450. The molecule has 0 saturated carbocycles. The number of hydrogen-bond acceptors (Lipinski definition) is 6. The zero-order valence-corrected chi connectivity index (χ0v) is 17.3. The lowest BCUT2D eigenvalue weighted by Gasteiger charge is -2.11. The van der Waals surface area contributed by atoms with Crippen molar-refractivity contribution >= 4 is 17.1 Å². The topological polar surface area (TPSA) is 72.2 Å². The molecule has 0 amide bonds. The first-order valence-electron chi connectivity index (χ1n) is 9.53. The van der Waals surface area contributed by atoms with Gasteiger partial charge in [-0.15, -0.1) is 11.3 Å². The maximum Gasteiger partial charge on any atom is 0.164 e. The summed E-state index contributed by atoms with van der Waals surface area (Å²) < 4.78 is 11.3. The molecule has 0 aliphatic heterocycles. The summed E-state index contributed by atoms with van der Waals surface area (Å²) in [5.41, 5.74) is 2.70. The van der Waals surface area contributed by atoms with Gasteiger partial charge in [-0.1, -0.05) is 18.2 Å². The van der Waals surface area contributed by atoms with Crippen molar-refractivity contribution in [2.75, 3.05) is 13.2 Å². The molecule has 3 aromatic rings. The Morgan fingerprint density at radius 3 is 2.62 bits per heavy atom. The van der Waals surface area contributed by atoms with Crippen LogP contribution in [-0.4, -0.2) is 24.0 Å². The Labute approximate surface area is 174 Å². The van der Waals surface area contributed by atoms with E-state index in [0.717, 1.165) is 22.0 Å². The van der Waals surface area contributed by atoms with Gasteiger partial charge in [0, 0.05) is 22.9 Å². The van der Waals surface area contributed by atoms with Crippen LogP contribution >= 0.6 is 11.3 Å². The first kappa shape index (κ1) is 20.6. The van der Waals surface area contributed by atoms with Gasteiger partial charge in [-0.25, -0.2) is 4.98 Å². The average molecular weight is 407 g/mol. The number of benzene rings is 2. The summed E-state index contributed by atoms with van der Waals surface area (Å²) in [5, 5.41) is 12.0. The van der Waals surface area contributed by atoms with Crippen molar-refractivity contribution < 1.29 is 14.3 Å². The number of thiazole rings is 1. The molecular formula is C23H22N2O3S. The molecule has 0 saturated heterocycles. The molecule has 29 heavy (non-hydrogen) atoms. The van der Waals surface area contributed by atoms with E-state index in [1.54, 1.807) is 24.3 Å². The molecule has 0 aliphatic carbocycles. The minimum Gasteiger partial charge on any atom is -0.490 e. The van der Waals surface area contributed by atoms with E-state index < -0.39 is 0 Å². The maximum absolute atomic E-state index is 12.5. The van der Waals surface area contributed by atoms with Gasteiger partial charge in [-0.3, -0.25) is 4.79 Å². The van der Waals surface area contributed by atoms with E-state index in [9.17, 15) is 4.79 Å². The molecule has 0 spiro atoms. The molecule has 148 valence electrons. The maximum atomic E-state index is 12.5. The second-order valence-electron chi connectivity index (χ2n) is 6.25. The third kappa shape index (κ3) is 5.01. The van der Waals surface area contributed by atoms with Gasteiger partial charge in [0.1, 0.15) is 5.01 Å². The predicted molar refractivity (Wildman–Crippen MR) is 114 cm³/mol. The van der Waals surface area contributed by atoms with Crippen LogP contribution in [0.4, 0.5) is 0 Å². The molecule has 1 aromatic heterocycles. The number of hydrogen-bond donors (Lipinski definition) is 0. The van der Waals surface area contributed by atoms with Gasteiger partial charge < -0.3 is 9.47 Å². The average Bonchev–Trinajstić information content (AvgIpc) is 3.22. The summed E-state index contributed by atoms with van der Waals surface area (Å²) in [6.45, 7) is 5.00. The highest BCUT2D eigenvalue weighted by Gasteiger charge is 2.14. The molecule has 1 heterocycles. The Kier molecular flexibility index (Phi) is 6.99. The summed E-state index contributed by atoms with van der Waals surface area (Å²) in [6.07, 6.45) is 0.847. The van der Waals surface area contributed by atoms with Crippen LogP contribution in [0.3, 0.4) is 0 Å². The van der Waals surface area contributed by atoms with Gasteiger partial charge >= 0.3 is 0 Å². The Morgan fingerprint density at radius 1 is 1.10 bits per heavy atom. The Morgan fingerprint density at radius 2 is 1.86 bits per heavy atom. The summed E-state index contributed by atoms with van der Waals surface area (Å²) in [6, 6.07) is 14.8. The quantitative estimate of drug-likeness (QED) is 0.451. The third-order valence-corrected chi connectivity index (χ3v) is 5.24. The third-order valence-electron chi connectivity index (χ3n) is 4.30. The molecule has 0 fully saturated rings. The monoisotopic (exact) mass is 406 g/mol. The van der Waals surface area contributed by atoms with Gasteiger partial charge in [0.2, 0.25) is 0 Å². The van der Waals surface area contributed by atoms with Crippen molar-refractivity contribution in [3.05, 3.63) is 64.7 Å². The largest absolute Gasteiger partial charge is 0.490 e. The standard InChI is InChI=1S/C23H22N2O3S/c1-3-27-21-12-9-16(13-22(21)28-4-2)23-25-18(15-29-23)10-11-20(26)19-8-6-5-7-17(19)14-24/h5-9,12-13,15H,3-4,10-11H2,1-2H3. The Balaban J connectivity index is 1.72. The molecule has 6 heteroatoms. The van der Waals surface area contributed by atoms with Crippen LogP contribution in [0.1, 0.15) is 41.9 Å². The fraction of sp³-hybridized carbons (Fsp3) is 0.261. The number of ketones is 1. The zero-order chi connectivity index (χ0) is 20.6. The van der Waals surface area contributed by atoms with Crippen molar-refractivity contribution in [2.45, 2.75) is 26.7 Å². The van der Waals surface area contributed by atoms with E-state index in [2.05, 4.69) is 11.1 Å². The lowest BCUT2D eigenvalue weighted by Crippen LogP contribution is -2.04. The molecule has 5 nitrogen and oxygen atoms in total. The first-order chi connectivity index (χ1) is 14.2. The Bertz CT molecular complexity index is 1040. The molecular weight excluding hydrogens is 384 g/mol. The molecule has 3 rings (SSSR count). The lowest BCUT2D eigenvalue weighted by molar-refractivity contribution is 0.0982. The molecule has 0 bridgehead atoms. The van der Waals surface area contributed by atoms with Crippen LogP contribution in [0.5, 0.6) is 11.5 Å². The van der Waals surface area contributed by atoms with Crippen molar-refractivity contribution in [3.8, 4) is 28.1 Å². The molecule has 2 aromatic carbocycles. The number of aryl methyl sites for hydroxylation is 1. The smallest absolute Gasteiger partial charge is 0.164 e. The number of nitriles is 1. The molecule has 0 unspecified atom stereocenters. The van der Waals surface area contributed by atoms with E-state index in [0.29, 0.717) is 42.9 Å². The second-order valence-corrected chi connectivity index (χ2v) is 7.11. The summed E-state index contributed by atoms with van der Waals surface area (Å²) in [5.74, 6) is 1.37. The minimum absolute atomic E-state index is 0.0450. The number of ether oxygens (including phenoxy) is 2. The predicted octanol–water partition coefficient (Wildman–Crippen LogP) is 5.29. The lowest BCUT2D eigenvalue weighted by atomic mass is 10.0. The van der Waals surface area contributed by atoms with Crippen molar-refractivity contribution in [1.82, 2.24) is 4.98 Å². The normalized spacial score (nSPS) is 10.4. The fourth-order valence-corrected chi connectivity index (χ4v) is 3.79. The van der Waals surface area contributed by atoms with Gasteiger partial charge in [0.05, 0.1) is 30.5 Å². The summed E-state index contributed by atoms with van der Waals surface area (Å²) in [7, 11) is 0. The van der Waals surface area contributed by atoms with E-state index in [4.69, 9.17) is 14.7 Å². The van der Waals surface area contributed by atoms with E-state index in [-0.39, 0.29) is 5.78 Å². The zero-order valence-electron chi connectivity index (χ0n) is 16.5. The van der Waals surface area contributed by atoms with Crippen LogP contribution in [0.2, 0.25) is 0 Å². The van der Waals surface area contributed by atoms with E-state index in [1.165, 1.54) is 11.3 Å². The molecule has 0 aliphatic rings. The van der Waals surface area contributed by atoms with Crippen LogP contribution < -0.4 is 9.47 Å². The fourth-order valence-electron chi connectivity index (χ4n) is 2.94. The van der Waals surface area contributed by atoms with Crippen LogP contribution in [0, 0.1) is 11.3 Å². The van der Waals surface area contributed by atoms with Gasteiger partial charge in [0.15, 0.2) is 17.3 Å². The van der Waals surface area contributed by atoms with Crippen LogP contribution in [0.25, 0.3) is 10.6 Å². The van der Waals surface area contributed by atoms with Crippen LogP contribution in [0.15, 0.2) is 47.8 Å². The van der Waals surface area contributed by atoms with E-state index in [1.807, 2.05) is 37.4 Å². The summed E-state index contributed by atoms with van der Waals surface area (Å²) in [4.78, 5) is 17.2. The molecule has 0 atom stereocenters. The SMILES string of the molecule is CCOc1ccc(-c2nc(CCC(=O)c3ccccc3C#N)cs2)cc1OCC.